The number of H-pyrrole nitrogens is 1. The topological polar surface area (TPSA) is 122 Å². The maximum atomic E-state index is 11.7. The van der Waals surface area contributed by atoms with E-state index in [0.717, 1.165) is 42.0 Å². The molecule has 1 amide bonds. The lowest BCUT2D eigenvalue weighted by molar-refractivity contribution is 0.100. The second kappa shape index (κ2) is 7.47. The SMILES string of the molecule is NC(=O)c1cccc2c(-c3nc4c(c(NCc5ccccc5)n3)NCCC4)[nH]nc12. The van der Waals surface area contributed by atoms with Crippen molar-refractivity contribution in [2.24, 2.45) is 5.73 Å². The predicted molar refractivity (Wildman–Crippen MR) is 116 cm³/mol. The van der Waals surface area contributed by atoms with E-state index in [-0.39, 0.29) is 0 Å². The number of carbonyl (C=O) groups excluding carboxylic acids is 1. The lowest BCUT2D eigenvalue weighted by Gasteiger charge is -2.21. The van der Waals surface area contributed by atoms with Gasteiger partial charge in [0, 0.05) is 18.5 Å². The van der Waals surface area contributed by atoms with Gasteiger partial charge in [0.2, 0.25) is 0 Å². The molecule has 0 bridgehead atoms. The summed E-state index contributed by atoms with van der Waals surface area (Å²) in [6, 6.07) is 15.5. The minimum atomic E-state index is -0.514. The molecule has 5 rings (SSSR count). The number of benzene rings is 2. The summed E-state index contributed by atoms with van der Waals surface area (Å²) in [5, 5.41) is 15.0. The Hall–Kier alpha value is -3.94. The van der Waals surface area contributed by atoms with Crippen molar-refractivity contribution >= 4 is 28.3 Å². The van der Waals surface area contributed by atoms with Crippen LogP contribution in [0.25, 0.3) is 22.4 Å². The molecule has 0 radical (unpaired) electrons. The average Bonchev–Trinajstić information content (AvgIpc) is 3.22. The molecule has 0 saturated heterocycles. The van der Waals surface area contributed by atoms with E-state index in [0.29, 0.717) is 29.1 Å². The third-order valence-corrected chi connectivity index (χ3v) is 5.25. The number of hydrogen-bond donors (Lipinski definition) is 4. The van der Waals surface area contributed by atoms with E-state index < -0.39 is 5.91 Å². The lowest BCUT2D eigenvalue weighted by Crippen LogP contribution is -2.17. The van der Waals surface area contributed by atoms with Gasteiger partial charge in [-0.3, -0.25) is 9.89 Å². The second-order valence-electron chi connectivity index (χ2n) is 7.25. The number of hydrogen-bond acceptors (Lipinski definition) is 6. The zero-order valence-electron chi connectivity index (χ0n) is 16.3. The number of nitrogens with two attached hydrogens (primary N) is 1. The fourth-order valence-corrected chi connectivity index (χ4v) is 3.77. The van der Waals surface area contributed by atoms with Crippen LogP contribution in [-0.4, -0.2) is 32.6 Å². The second-order valence-corrected chi connectivity index (χ2v) is 7.25. The standard InChI is InChI=1S/C22H21N7O/c23-20(30)15-9-4-8-14-17(15)28-29-18(14)22-26-16-10-5-11-24-19(16)21(27-22)25-12-13-6-2-1-3-7-13/h1-4,6-9,24H,5,10-12H2,(H2,23,30)(H,28,29)(H,25,26,27). The first-order valence-corrected chi connectivity index (χ1v) is 9.90. The molecular formula is C22H21N7O. The first kappa shape index (κ1) is 18.1. The first-order chi connectivity index (χ1) is 14.7. The molecule has 8 nitrogen and oxygen atoms in total. The molecule has 30 heavy (non-hydrogen) atoms. The first-order valence-electron chi connectivity index (χ1n) is 9.90. The Balaban J connectivity index is 1.58. The molecule has 2 aromatic heterocycles. The van der Waals surface area contributed by atoms with E-state index >= 15 is 0 Å². The van der Waals surface area contributed by atoms with E-state index in [1.54, 1.807) is 12.1 Å². The summed E-state index contributed by atoms with van der Waals surface area (Å²) in [5.74, 6) is 0.781. The van der Waals surface area contributed by atoms with Crippen LogP contribution in [0.3, 0.4) is 0 Å². The molecule has 1 aliphatic heterocycles. The summed E-state index contributed by atoms with van der Waals surface area (Å²) >= 11 is 0. The summed E-state index contributed by atoms with van der Waals surface area (Å²) in [7, 11) is 0. The molecule has 2 aromatic carbocycles. The monoisotopic (exact) mass is 399 g/mol. The summed E-state index contributed by atoms with van der Waals surface area (Å²) in [6.45, 7) is 1.55. The molecule has 8 heteroatoms. The third kappa shape index (κ3) is 3.22. The van der Waals surface area contributed by atoms with Gasteiger partial charge in [-0.2, -0.15) is 5.10 Å². The number of aromatic amines is 1. The van der Waals surface area contributed by atoms with E-state index in [2.05, 4.69) is 33.0 Å². The fourth-order valence-electron chi connectivity index (χ4n) is 3.77. The predicted octanol–water partition coefficient (Wildman–Crippen LogP) is 3.09. The number of nitrogens with zero attached hydrogens (tertiary/aromatic N) is 3. The molecule has 0 aliphatic carbocycles. The van der Waals surface area contributed by atoms with Gasteiger partial charge in [-0.15, -0.1) is 0 Å². The van der Waals surface area contributed by atoms with E-state index in [1.807, 2.05) is 24.3 Å². The Morgan fingerprint density at radius 3 is 2.80 bits per heavy atom. The van der Waals surface area contributed by atoms with Crippen LogP contribution in [0, 0.1) is 0 Å². The Bertz CT molecular complexity index is 1230. The molecular weight excluding hydrogens is 378 g/mol. The van der Waals surface area contributed by atoms with E-state index in [9.17, 15) is 4.79 Å². The van der Waals surface area contributed by atoms with Crippen LogP contribution in [-0.2, 0) is 13.0 Å². The highest BCUT2D eigenvalue weighted by molar-refractivity contribution is 6.07. The third-order valence-electron chi connectivity index (χ3n) is 5.25. The highest BCUT2D eigenvalue weighted by Gasteiger charge is 2.21. The van der Waals surface area contributed by atoms with Gasteiger partial charge < -0.3 is 16.4 Å². The van der Waals surface area contributed by atoms with Crippen molar-refractivity contribution < 1.29 is 4.79 Å². The Kier molecular flexibility index (Phi) is 4.51. The number of nitrogens with one attached hydrogen (secondary N) is 3. The number of aryl methyl sites for hydroxylation is 1. The normalized spacial score (nSPS) is 12.9. The molecule has 0 atom stereocenters. The zero-order valence-corrected chi connectivity index (χ0v) is 16.3. The van der Waals surface area contributed by atoms with Gasteiger partial charge >= 0.3 is 0 Å². The zero-order chi connectivity index (χ0) is 20.5. The maximum absolute atomic E-state index is 11.7. The van der Waals surface area contributed by atoms with E-state index in [1.165, 1.54) is 5.56 Å². The minimum absolute atomic E-state index is 0.372. The number of para-hydroxylation sites is 1. The van der Waals surface area contributed by atoms with Crippen molar-refractivity contribution in [2.75, 3.05) is 17.2 Å². The Labute approximate surface area is 172 Å². The molecule has 3 heterocycles. The molecule has 150 valence electrons. The van der Waals surface area contributed by atoms with Gasteiger partial charge in [0.15, 0.2) is 11.6 Å². The maximum Gasteiger partial charge on any atom is 0.250 e. The summed E-state index contributed by atoms with van der Waals surface area (Å²) in [5.41, 5.74) is 10.1. The summed E-state index contributed by atoms with van der Waals surface area (Å²) in [4.78, 5) is 21.3. The fraction of sp³-hybridized carbons (Fsp3) is 0.182. The Morgan fingerprint density at radius 1 is 1.10 bits per heavy atom. The number of fused-ring (bicyclic) bond motifs is 2. The van der Waals surface area contributed by atoms with Gasteiger partial charge in [0.1, 0.15) is 11.2 Å². The highest BCUT2D eigenvalue weighted by Crippen LogP contribution is 2.32. The van der Waals surface area contributed by atoms with Crippen molar-refractivity contribution in [1.82, 2.24) is 20.2 Å². The van der Waals surface area contributed by atoms with Crippen LogP contribution in [0.15, 0.2) is 48.5 Å². The molecule has 0 spiro atoms. The average molecular weight is 399 g/mol. The van der Waals surface area contributed by atoms with Crippen LogP contribution < -0.4 is 16.4 Å². The number of amides is 1. The lowest BCUT2D eigenvalue weighted by atomic mass is 10.1. The molecule has 0 saturated carbocycles. The van der Waals surface area contributed by atoms with Crippen LogP contribution in [0.5, 0.6) is 0 Å². The molecule has 0 unspecified atom stereocenters. The van der Waals surface area contributed by atoms with Crippen molar-refractivity contribution in [3.63, 3.8) is 0 Å². The smallest absolute Gasteiger partial charge is 0.250 e. The highest BCUT2D eigenvalue weighted by atomic mass is 16.1. The molecule has 4 aromatic rings. The van der Waals surface area contributed by atoms with Gasteiger partial charge in [-0.1, -0.05) is 42.5 Å². The quantitative estimate of drug-likeness (QED) is 0.409. The van der Waals surface area contributed by atoms with Crippen molar-refractivity contribution in [3.8, 4) is 11.5 Å². The van der Waals surface area contributed by atoms with Crippen LogP contribution in [0.2, 0.25) is 0 Å². The van der Waals surface area contributed by atoms with Crippen LogP contribution in [0.1, 0.15) is 28.0 Å². The number of aromatic nitrogens is 4. The van der Waals surface area contributed by atoms with Crippen molar-refractivity contribution in [1.29, 1.82) is 0 Å². The minimum Gasteiger partial charge on any atom is -0.381 e. The molecule has 1 aliphatic rings. The largest absolute Gasteiger partial charge is 0.381 e. The van der Waals surface area contributed by atoms with Crippen LogP contribution >= 0.6 is 0 Å². The van der Waals surface area contributed by atoms with Crippen molar-refractivity contribution in [2.45, 2.75) is 19.4 Å². The van der Waals surface area contributed by atoms with Gasteiger partial charge in [0.25, 0.3) is 5.91 Å². The van der Waals surface area contributed by atoms with Gasteiger partial charge in [-0.25, -0.2) is 9.97 Å². The molecule has 0 fully saturated rings. The number of primary amides is 1. The van der Waals surface area contributed by atoms with Gasteiger partial charge in [0.05, 0.1) is 16.9 Å². The van der Waals surface area contributed by atoms with Gasteiger partial charge in [-0.05, 0) is 24.5 Å². The molecule has 5 N–H and O–H groups in total. The van der Waals surface area contributed by atoms with Crippen molar-refractivity contribution in [3.05, 3.63) is 65.4 Å². The van der Waals surface area contributed by atoms with E-state index in [4.69, 9.17) is 15.7 Å². The summed E-state index contributed by atoms with van der Waals surface area (Å²) in [6.07, 6.45) is 1.88. The number of anilines is 2. The number of rotatable bonds is 5. The summed E-state index contributed by atoms with van der Waals surface area (Å²) < 4.78 is 0. The van der Waals surface area contributed by atoms with Crippen LogP contribution in [0.4, 0.5) is 11.5 Å². The Morgan fingerprint density at radius 2 is 1.97 bits per heavy atom. The number of carbonyl (C=O) groups is 1.